The highest BCUT2D eigenvalue weighted by molar-refractivity contribution is 5.88. The van der Waals surface area contributed by atoms with E-state index in [-0.39, 0.29) is 40.5 Å². The van der Waals surface area contributed by atoms with Gasteiger partial charge >= 0.3 is 6.18 Å². The maximum atomic E-state index is 15.3. The van der Waals surface area contributed by atoms with E-state index in [1.807, 2.05) is 0 Å². The monoisotopic (exact) mass is 580 g/mol. The first-order valence-electron chi connectivity index (χ1n) is 13.3. The van der Waals surface area contributed by atoms with Gasteiger partial charge in [-0.15, -0.1) is 0 Å². The summed E-state index contributed by atoms with van der Waals surface area (Å²) in [4.78, 5) is 0. The van der Waals surface area contributed by atoms with E-state index in [0.717, 1.165) is 37.8 Å². The van der Waals surface area contributed by atoms with Gasteiger partial charge in [0.1, 0.15) is 17.5 Å². The zero-order valence-corrected chi connectivity index (χ0v) is 22.3. The first-order valence-corrected chi connectivity index (χ1v) is 13.3. The average Bonchev–Trinajstić information content (AvgIpc) is 2.89. The third kappa shape index (κ3) is 7.57. The van der Waals surface area contributed by atoms with Gasteiger partial charge in [0.25, 0.3) is 0 Å². The molecule has 0 aliphatic heterocycles. The Morgan fingerprint density at radius 3 is 1.93 bits per heavy atom. The molecule has 0 saturated heterocycles. The van der Waals surface area contributed by atoms with E-state index in [1.54, 1.807) is 6.07 Å². The molecule has 41 heavy (non-hydrogen) atoms. The van der Waals surface area contributed by atoms with Crippen LogP contribution in [0.2, 0.25) is 0 Å². The van der Waals surface area contributed by atoms with Gasteiger partial charge in [0.05, 0.1) is 5.56 Å². The second-order valence-corrected chi connectivity index (χ2v) is 10.0. The number of benzene rings is 4. The Bertz CT molecular complexity index is 1480. The summed E-state index contributed by atoms with van der Waals surface area (Å²) in [5.74, 6) is -5.70. The zero-order valence-electron chi connectivity index (χ0n) is 22.3. The molecule has 0 fully saturated rings. The summed E-state index contributed by atoms with van der Waals surface area (Å²) in [5, 5.41) is 0.613. The first-order chi connectivity index (χ1) is 19.5. The molecule has 0 amide bonds. The molecule has 218 valence electrons. The summed E-state index contributed by atoms with van der Waals surface area (Å²) in [5.41, 5.74) is 0.984. The number of fused-ring (bicyclic) bond motifs is 1. The quantitative estimate of drug-likeness (QED) is 0.127. The van der Waals surface area contributed by atoms with Crippen molar-refractivity contribution in [3.63, 3.8) is 0 Å². The topological polar surface area (TPSA) is 9.23 Å². The van der Waals surface area contributed by atoms with E-state index in [0.29, 0.717) is 17.4 Å². The van der Waals surface area contributed by atoms with Gasteiger partial charge in [-0.25, -0.2) is 22.0 Å². The third-order valence-electron chi connectivity index (χ3n) is 6.86. The normalized spacial score (nSPS) is 11.8. The van der Waals surface area contributed by atoms with Crippen molar-refractivity contribution in [3.05, 3.63) is 100 Å². The Morgan fingerprint density at radius 2 is 1.29 bits per heavy atom. The zero-order chi connectivity index (χ0) is 29.7. The molecule has 0 unspecified atom stereocenters. The number of ether oxygens (including phenoxy) is 1. The molecule has 4 aromatic rings. The van der Waals surface area contributed by atoms with Crippen molar-refractivity contribution < 1.29 is 39.9 Å². The highest BCUT2D eigenvalue weighted by atomic mass is 19.4. The van der Waals surface area contributed by atoms with Crippen LogP contribution in [0, 0.1) is 29.1 Å². The van der Waals surface area contributed by atoms with Crippen molar-refractivity contribution in [1.29, 1.82) is 0 Å². The standard InChI is InChI=1S/C32H28F8O/c1-2-3-4-5-6-19-13-25(33)29(26(34)14-19)23-11-12-24-22(17-23)10-9-21(30(24)37)8-7-20-15-27(35)31(28(36)16-20)41-18-32(38,39)40/h9-17H,2-8,18H2,1H3. The molecular formula is C32H28F8O. The largest absolute Gasteiger partial charge is 0.478 e. The van der Waals surface area contributed by atoms with Crippen molar-refractivity contribution in [3.8, 4) is 16.9 Å². The molecule has 0 aliphatic carbocycles. The number of alkyl halides is 3. The molecule has 0 heterocycles. The third-order valence-corrected chi connectivity index (χ3v) is 6.86. The van der Waals surface area contributed by atoms with Crippen LogP contribution < -0.4 is 4.74 Å². The second-order valence-electron chi connectivity index (χ2n) is 10.0. The van der Waals surface area contributed by atoms with Crippen LogP contribution in [0.25, 0.3) is 21.9 Å². The Hall–Kier alpha value is -3.62. The Kier molecular flexibility index (Phi) is 9.56. The predicted octanol–water partition coefficient (Wildman–Crippen LogP) is 10.1. The average molecular weight is 581 g/mol. The van der Waals surface area contributed by atoms with E-state index in [1.165, 1.54) is 36.4 Å². The van der Waals surface area contributed by atoms with Crippen LogP contribution >= 0.6 is 0 Å². The molecule has 0 N–H and O–H groups in total. The van der Waals surface area contributed by atoms with Crippen molar-refractivity contribution in [2.75, 3.05) is 6.61 Å². The van der Waals surface area contributed by atoms with Gasteiger partial charge < -0.3 is 4.74 Å². The lowest BCUT2D eigenvalue weighted by molar-refractivity contribution is -0.154. The second kappa shape index (κ2) is 12.9. The van der Waals surface area contributed by atoms with Gasteiger partial charge in [-0.2, -0.15) is 13.2 Å². The highest BCUT2D eigenvalue weighted by Gasteiger charge is 2.30. The summed E-state index contributed by atoms with van der Waals surface area (Å²) >= 11 is 0. The van der Waals surface area contributed by atoms with E-state index in [2.05, 4.69) is 11.7 Å². The summed E-state index contributed by atoms with van der Waals surface area (Å²) in [7, 11) is 0. The molecule has 0 radical (unpaired) electrons. The molecule has 4 rings (SSSR count). The van der Waals surface area contributed by atoms with E-state index < -0.39 is 47.6 Å². The summed E-state index contributed by atoms with van der Waals surface area (Å²) in [6.45, 7) is 0.245. The van der Waals surface area contributed by atoms with Crippen LogP contribution in [0.4, 0.5) is 35.1 Å². The number of aryl methyl sites for hydroxylation is 3. The van der Waals surface area contributed by atoms with Crippen molar-refractivity contribution in [2.45, 2.75) is 58.0 Å². The minimum Gasteiger partial charge on any atom is -0.478 e. The van der Waals surface area contributed by atoms with Crippen LogP contribution in [0.15, 0.2) is 54.6 Å². The Labute approximate surface area is 232 Å². The Morgan fingerprint density at radius 1 is 0.659 bits per heavy atom. The molecule has 0 aliphatic rings. The number of rotatable bonds is 11. The maximum Gasteiger partial charge on any atom is 0.422 e. The molecule has 1 nitrogen and oxygen atoms in total. The van der Waals surface area contributed by atoms with Crippen LogP contribution in [0.5, 0.6) is 5.75 Å². The SMILES string of the molecule is CCCCCCc1cc(F)c(-c2ccc3c(F)c(CCc4cc(F)c(OCC(F)(F)F)c(F)c4)ccc3c2)c(F)c1. The van der Waals surface area contributed by atoms with Gasteiger partial charge in [-0.05, 0) is 83.7 Å². The minimum atomic E-state index is -4.76. The lowest BCUT2D eigenvalue weighted by Crippen LogP contribution is -2.20. The molecule has 0 bridgehead atoms. The molecular weight excluding hydrogens is 552 g/mol. The predicted molar refractivity (Wildman–Crippen MR) is 142 cm³/mol. The fourth-order valence-electron chi connectivity index (χ4n) is 4.81. The van der Waals surface area contributed by atoms with Crippen molar-refractivity contribution in [1.82, 2.24) is 0 Å². The van der Waals surface area contributed by atoms with Gasteiger partial charge in [0.2, 0.25) is 0 Å². The number of unbranched alkanes of at least 4 members (excludes halogenated alkanes) is 3. The van der Waals surface area contributed by atoms with Gasteiger partial charge in [-0.3, -0.25) is 0 Å². The van der Waals surface area contributed by atoms with Crippen LogP contribution in [-0.2, 0) is 19.3 Å². The lowest BCUT2D eigenvalue weighted by atomic mass is 9.95. The number of halogens is 8. The number of hydrogen-bond acceptors (Lipinski definition) is 1. The fraction of sp³-hybridized carbons (Fsp3) is 0.312. The van der Waals surface area contributed by atoms with Crippen molar-refractivity contribution >= 4 is 10.8 Å². The Balaban J connectivity index is 1.50. The molecule has 9 heteroatoms. The van der Waals surface area contributed by atoms with Crippen LogP contribution in [0.1, 0.15) is 49.3 Å². The van der Waals surface area contributed by atoms with Crippen LogP contribution in [-0.4, -0.2) is 12.8 Å². The molecule has 0 saturated carbocycles. The maximum absolute atomic E-state index is 15.3. The van der Waals surface area contributed by atoms with E-state index in [9.17, 15) is 30.7 Å². The van der Waals surface area contributed by atoms with Gasteiger partial charge in [0.15, 0.2) is 24.0 Å². The fourth-order valence-corrected chi connectivity index (χ4v) is 4.81. The summed E-state index contributed by atoms with van der Waals surface area (Å²) in [6.07, 6.45) is -0.196. The number of hydrogen-bond donors (Lipinski definition) is 0. The summed E-state index contributed by atoms with van der Waals surface area (Å²) in [6, 6.07) is 11.8. The smallest absolute Gasteiger partial charge is 0.422 e. The minimum absolute atomic E-state index is 0.00484. The molecule has 0 spiro atoms. The van der Waals surface area contributed by atoms with E-state index >= 15 is 4.39 Å². The van der Waals surface area contributed by atoms with Crippen molar-refractivity contribution in [2.24, 2.45) is 0 Å². The van der Waals surface area contributed by atoms with E-state index in [4.69, 9.17) is 0 Å². The molecule has 0 atom stereocenters. The summed E-state index contributed by atoms with van der Waals surface area (Å²) < 4.78 is 115. The van der Waals surface area contributed by atoms with Crippen LogP contribution in [0.3, 0.4) is 0 Å². The molecule has 0 aromatic heterocycles. The van der Waals surface area contributed by atoms with Gasteiger partial charge in [0, 0.05) is 5.39 Å². The molecule has 4 aromatic carbocycles. The first kappa shape index (κ1) is 30.3. The highest BCUT2D eigenvalue weighted by Crippen LogP contribution is 2.32. The lowest BCUT2D eigenvalue weighted by Gasteiger charge is -2.13. The van der Waals surface area contributed by atoms with Gasteiger partial charge in [-0.1, -0.05) is 50.5 Å².